The highest BCUT2D eigenvalue weighted by atomic mass is 79.9. The van der Waals surface area contributed by atoms with Crippen LogP contribution in [0.15, 0.2) is 40.9 Å². The average molecular weight is 492 g/mol. The van der Waals surface area contributed by atoms with E-state index in [1.165, 1.54) is 23.5 Å². The highest BCUT2D eigenvalue weighted by Gasteiger charge is 2.34. The minimum absolute atomic E-state index is 0.129. The lowest BCUT2D eigenvalue weighted by molar-refractivity contribution is -0.116. The molecule has 9 heteroatoms. The van der Waals surface area contributed by atoms with Crippen molar-refractivity contribution in [1.82, 2.24) is 14.8 Å². The predicted octanol–water partition coefficient (Wildman–Crippen LogP) is 5.82. The third kappa shape index (κ3) is 3.15. The molecule has 2 aromatic heterocycles. The summed E-state index contributed by atoms with van der Waals surface area (Å²) in [5.74, 6) is -0.528. The van der Waals surface area contributed by atoms with Crippen molar-refractivity contribution in [2.45, 2.75) is 19.3 Å². The predicted molar refractivity (Wildman–Crippen MR) is 116 cm³/mol. The zero-order valence-corrected chi connectivity index (χ0v) is 18.2. The highest BCUT2D eigenvalue weighted by molar-refractivity contribution is 9.10. The topological polar surface area (TPSA) is 59.8 Å². The molecular weight excluding hydrogens is 479 g/mol. The SMILES string of the molecule is Cc1nn(-c2nc3ccc(Br)cc3s2)c2c1[C@@H](c1cc(Cl)ccc1F)CC(=O)N2. The summed E-state index contributed by atoms with van der Waals surface area (Å²) in [6.45, 7) is 1.85. The molecule has 146 valence electrons. The van der Waals surface area contributed by atoms with E-state index in [-0.39, 0.29) is 12.3 Å². The van der Waals surface area contributed by atoms with Crippen LogP contribution in [0.25, 0.3) is 15.3 Å². The molecule has 1 aliphatic heterocycles. The maximum absolute atomic E-state index is 14.6. The Bertz CT molecular complexity index is 1300. The molecule has 0 radical (unpaired) electrons. The van der Waals surface area contributed by atoms with Crippen LogP contribution in [0, 0.1) is 12.7 Å². The Morgan fingerprint density at radius 2 is 2.14 bits per heavy atom. The third-order valence-electron chi connectivity index (χ3n) is 4.96. The van der Waals surface area contributed by atoms with Gasteiger partial charge in [0.25, 0.3) is 0 Å². The van der Waals surface area contributed by atoms with Crippen molar-refractivity contribution in [2.24, 2.45) is 0 Å². The lowest BCUT2D eigenvalue weighted by atomic mass is 9.85. The number of anilines is 1. The van der Waals surface area contributed by atoms with Gasteiger partial charge in [-0.3, -0.25) is 4.79 Å². The fourth-order valence-corrected chi connectivity index (χ4v) is 5.37. The molecule has 5 nitrogen and oxygen atoms in total. The molecule has 0 spiro atoms. The zero-order chi connectivity index (χ0) is 20.3. The molecule has 1 atom stereocenters. The van der Waals surface area contributed by atoms with Crippen LogP contribution >= 0.6 is 38.9 Å². The van der Waals surface area contributed by atoms with Gasteiger partial charge in [-0.05, 0) is 48.9 Å². The van der Waals surface area contributed by atoms with Gasteiger partial charge in [0.1, 0.15) is 11.6 Å². The molecule has 0 bridgehead atoms. The Morgan fingerprint density at radius 3 is 2.97 bits per heavy atom. The van der Waals surface area contributed by atoms with Crippen molar-refractivity contribution >= 4 is 60.8 Å². The molecule has 3 heterocycles. The number of aryl methyl sites for hydroxylation is 1. The van der Waals surface area contributed by atoms with E-state index >= 15 is 0 Å². The fourth-order valence-electron chi connectivity index (χ4n) is 3.71. The second-order valence-electron chi connectivity index (χ2n) is 6.84. The summed E-state index contributed by atoms with van der Waals surface area (Å²) >= 11 is 11.0. The van der Waals surface area contributed by atoms with E-state index in [0.29, 0.717) is 27.2 Å². The number of carbonyl (C=O) groups excluding carboxylic acids is 1. The van der Waals surface area contributed by atoms with Crippen LogP contribution in [0.4, 0.5) is 10.2 Å². The first kappa shape index (κ1) is 18.7. The number of nitrogens with zero attached hydrogens (tertiary/aromatic N) is 3. The molecule has 5 rings (SSSR count). The van der Waals surface area contributed by atoms with Gasteiger partial charge in [0.2, 0.25) is 11.0 Å². The minimum atomic E-state index is -0.463. The van der Waals surface area contributed by atoms with E-state index in [4.69, 9.17) is 11.6 Å². The summed E-state index contributed by atoms with van der Waals surface area (Å²) in [7, 11) is 0. The molecule has 29 heavy (non-hydrogen) atoms. The highest BCUT2D eigenvalue weighted by Crippen LogP contribution is 2.42. The zero-order valence-electron chi connectivity index (χ0n) is 15.0. The second-order valence-corrected chi connectivity index (χ2v) is 9.20. The standard InChI is InChI=1S/C20H13BrClFN4OS/c1-9-18-13(12-7-11(22)3-4-14(12)23)8-17(28)25-19(18)27(26-9)20-24-15-5-2-10(21)6-16(15)29-20/h2-7,13H,8H2,1H3,(H,25,28)/t13-/m1/s1. The van der Waals surface area contributed by atoms with Crippen molar-refractivity contribution in [3.8, 4) is 5.13 Å². The maximum atomic E-state index is 14.6. The first-order valence-corrected chi connectivity index (χ1v) is 10.8. The smallest absolute Gasteiger partial charge is 0.226 e. The number of rotatable bonds is 2. The second kappa shape index (κ2) is 6.90. The van der Waals surface area contributed by atoms with Crippen LogP contribution in [0.1, 0.15) is 29.2 Å². The number of benzene rings is 2. The molecule has 1 aliphatic rings. The van der Waals surface area contributed by atoms with E-state index < -0.39 is 11.7 Å². The summed E-state index contributed by atoms with van der Waals surface area (Å²) in [5, 5.41) is 8.59. The quantitative estimate of drug-likeness (QED) is 0.384. The van der Waals surface area contributed by atoms with Gasteiger partial charge in [-0.1, -0.05) is 38.9 Å². The Kier molecular flexibility index (Phi) is 4.45. The number of hydrogen-bond acceptors (Lipinski definition) is 4. The number of amides is 1. The van der Waals surface area contributed by atoms with Gasteiger partial charge in [-0.15, -0.1) is 0 Å². The van der Waals surface area contributed by atoms with Gasteiger partial charge in [0, 0.05) is 27.4 Å². The van der Waals surface area contributed by atoms with Crippen molar-refractivity contribution in [2.75, 3.05) is 5.32 Å². The summed E-state index contributed by atoms with van der Waals surface area (Å²) in [6, 6.07) is 10.2. The Hall–Kier alpha value is -2.29. The average Bonchev–Trinajstić information content (AvgIpc) is 3.23. The van der Waals surface area contributed by atoms with Crippen molar-refractivity contribution < 1.29 is 9.18 Å². The molecule has 0 fully saturated rings. The summed E-state index contributed by atoms with van der Waals surface area (Å²) in [5.41, 5.74) is 2.73. The number of hydrogen-bond donors (Lipinski definition) is 1. The third-order valence-corrected chi connectivity index (χ3v) is 6.68. The van der Waals surface area contributed by atoms with Crippen LogP contribution in [0.5, 0.6) is 0 Å². The number of halogens is 3. The number of fused-ring (bicyclic) bond motifs is 2. The van der Waals surface area contributed by atoms with E-state index in [1.54, 1.807) is 10.7 Å². The van der Waals surface area contributed by atoms with Crippen LogP contribution < -0.4 is 5.32 Å². The van der Waals surface area contributed by atoms with Crippen molar-refractivity contribution in [3.63, 3.8) is 0 Å². The normalized spacial score (nSPS) is 16.1. The molecule has 1 amide bonds. The summed E-state index contributed by atoms with van der Waals surface area (Å²) in [6.07, 6.45) is 0.129. The lowest BCUT2D eigenvalue weighted by Gasteiger charge is -2.24. The number of nitrogens with one attached hydrogen (secondary N) is 1. The van der Waals surface area contributed by atoms with Gasteiger partial charge in [0.15, 0.2) is 0 Å². The van der Waals surface area contributed by atoms with Gasteiger partial charge < -0.3 is 5.32 Å². The van der Waals surface area contributed by atoms with E-state index in [0.717, 1.165) is 20.3 Å². The summed E-state index contributed by atoms with van der Waals surface area (Å²) in [4.78, 5) is 17.1. The molecular formula is C20H13BrClFN4OS. The van der Waals surface area contributed by atoms with Crippen LogP contribution in [-0.2, 0) is 4.79 Å². The van der Waals surface area contributed by atoms with Gasteiger partial charge in [-0.25, -0.2) is 9.37 Å². The Labute approximate surface area is 182 Å². The van der Waals surface area contributed by atoms with Gasteiger partial charge in [0.05, 0.1) is 15.9 Å². The molecule has 1 N–H and O–H groups in total. The minimum Gasteiger partial charge on any atom is -0.310 e. The van der Waals surface area contributed by atoms with E-state index in [2.05, 4.69) is 31.3 Å². The maximum Gasteiger partial charge on any atom is 0.226 e. The van der Waals surface area contributed by atoms with Crippen LogP contribution in [0.2, 0.25) is 5.02 Å². The molecule has 2 aromatic carbocycles. The molecule has 4 aromatic rings. The van der Waals surface area contributed by atoms with E-state index in [1.807, 2.05) is 25.1 Å². The van der Waals surface area contributed by atoms with Crippen LogP contribution in [0.3, 0.4) is 0 Å². The first-order chi connectivity index (χ1) is 13.9. The van der Waals surface area contributed by atoms with E-state index in [9.17, 15) is 9.18 Å². The largest absolute Gasteiger partial charge is 0.310 e. The first-order valence-electron chi connectivity index (χ1n) is 8.81. The van der Waals surface area contributed by atoms with Crippen molar-refractivity contribution in [3.05, 3.63) is 68.5 Å². The summed E-state index contributed by atoms with van der Waals surface area (Å²) < 4.78 is 18.2. The van der Waals surface area contributed by atoms with Gasteiger partial charge >= 0.3 is 0 Å². The monoisotopic (exact) mass is 490 g/mol. The lowest BCUT2D eigenvalue weighted by Crippen LogP contribution is -2.25. The fraction of sp³-hybridized carbons (Fsp3) is 0.150. The Balaban J connectivity index is 1.69. The number of carbonyl (C=O) groups is 1. The molecule has 0 saturated carbocycles. The number of thiazole rings is 1. The molecule has 0 saturated heterocycles. The van der Waals surface area contributed by atoms with Crippen molar-refractivity contribution in [1.29, 1.82) is 0 Å². The number of aromatic nitrogens is 3. The van der Waals surface area contributed by atoms with Gasteiger partial charge in [-0.2, -0.15) is 9.78 Å². The molecule has 0 aliphatic carbocycles. The van der Waals surface area contributed by atoms with Crippen LogP contribution in [-0.4, -0.2) is 20.7 Å². The Morgan fingerprint density at radius 1 is 1.31 bits per heavy atom. The molecule has 0 unspecified atom stereocenters.